The highest BCUT2D eigenvalue weighted by Crippen LogP contribution is 2.13. The van der Waals surface area contributed by atoms with Crippen molar-refractivity contribution in [2.45, 2.75) is 19.9 Å². The third-order valence-corrected chi connectivity index (χ3v) is 2.74. The van der Waals surface area contributed by atoms with Gasteiger partial charge in [-0.15, -0.1) is 0 Å². The van der Waals surface area contributed by atoms with Crippen LogP contribution in [0.3, 0.4) is 0 Å². The van der Waals surface area contributed by atoms with Crippen LogP contribution in [0.2, 0.25) is 0 Å². The van der Waals surface area contributed by atoms with E-state index >= 15 is 0 Å². The molecule has 100 valence electrons. The van der Waals surface area contributed by atoms with E-state index in [1.54, 1.807) is 17.1 Å². The van der Waals surface area contributed by atoms with Crippen molar-refractivity contribution < 1.29 is 9.53 Å². The molecule has 0 aliphatic heterocycles. The quantitative estimate of drug-likeness (QED) is 0.916. The van der Waals surface area contributed by atoms with Crippen LogP contribution < -0.4 is 5.32 Å². The molecule has 0 aliphatic carbocycles. The van der Waals surface area contributed by atoms with E-state index in [0.717, 1.165) is 16.9 Å². The van der Waals surface area contributed by atoms with Gasteiger partial charge in [-0.3, -0.25) is 0 Å². The van der Waals surface area contributed by atoms with E-state index in [2.05, 4.69) is 20.1 Å². The Labute approximate surface area is 111 Å². The number of ether oxygens (including phenoxy) is 1. The van der Waals surface area contributed by atoms with Gasteiger partial charge in [0, 0.05) is 12.4 Å². The molecule has 0 radical (unpaired) electrons. The fourth-order valence-electron chi connectivity index (χ4n) is 1.65. The van der Waals surface area contributed by atoms with Crippen molar-refractivity contribution in [2.24, 2.45) is 0 Å². The summed E-state index contributed by atoms with van der Waals surface area (Å²) in [7, 11) is 1.34. The summed E-state index contributed by atoms with van der Waals surface area (Å²) in [5.41, 5.74) is 1.98. The van der Waals surface area contributed by atoms with Crippen LogP contribution in [0, 0.1) is 6.92 Å². The van der Waals surface area contributed by atoms with E-state index < -0.39 is 6.09 Å². The van der Waals surface area contributed by atoms with Crippen molar-refractivity contribution in [2.75, 3.05) is 7.11 Å². The second-order valence-corrected chi connectivity index (χ2v) is 4.27. The van der Waals surface area contributed by atoms with Gasteiger partial charge < -0.3 is 10.1 Å². The van der Waals surface area contributed by atoms with Gasteiger partial charge in [-0.25, -0.2) is 14.5 Å². The molecule has 2 heterocycles. The number of amides is 1. The number of methoxy groups -OCH3 is 1. The molecule has 6 nitrogen and oxygen atoms in total. The number of carbonyl (C=O) groups excluding carboxylic acids is 1. The van der Waals surface area contributed by atoms with Crippen LogP contribution in [0.5, 0.6) is 0 Å². The summed E-state index contributed by atoms with van der Waals surface area (Å²) in [4.78, 5) is 15.4. The van der Waals surface area contributed by atoms with E-state index in [1.807, 2.05) is 32.2 Å². The average molecular weight is 260 g/mol. The van der Waals surface area contributed by atoms with Gasteiger partial charge in [-0.2, -0.15) is 5.10 Å². The number of alkyl carbamates (subject to hydrolysis) is 1. The van der Waals surface area contributed by atoms with Crippen LogP contribution in [-0.4, -0.2) is 28.0 Å². The highest BCUT2D eigenvalue weighted by Gasteiger charge is 2.10. The number of nitrogens with zero attached hydrogens (tertiary/aromatic N) is 3. The van der Waals surface area contributed by atoms with Crippen LogP contribution >= 0.6 is 0 Å². The third-order valence-electron chi connectivity index (χ3n) is 2.74. The van der Waals surface area contributed by atoms with E-state index in [9.17, 15) is 4.79 Å². The molecule has 1 amide bonds. The Morgan fingerprint density at radius 2 is 2.21 bits per heavy atom. The van der Waals surface area contributed by atoms with Crippen LogP contribution in [0.1, 0.15) is 24.1 Å². The van der Waals surface area contributed by atoms with Gasteiger partial charge in [0.25, 0.3) is 0 Å². The SMILES string of the molecule is COC(=O)NC(C)c1ccc(-n2cc(C)cn2)nc1. The number of aryl methyl sites for hydroxylation is 1. The van der Waals surface area contributed by atoms with E-state index in [1.165, 1.54) is 7.11 Å². The fourth-order valence-corrected chi connectivity index (χ4v) is 1.65. The maximum Gasteiger partial charge on any atom is 0.407 e. The molecule has 1 atom stereocenters. The van der Waals surface area contributed by atoms with Crippen molar-refractivity contribution in [1.29, 1.82) is 0 Å². The normalized spacial score (nSPS) is 11.9. The first kappa shape index (κ1) is 13.1. The first-order chi connectivity index (χ1) is 9.10. The summed E-state index contributed by atoms with van der Waals surface area (Å²) in [5.74, 6) is 0.738. The van der Waals surface area contributed by atoms with Crippen LogP contribution in [0.25, 0.3) is 5.82 Å². The lowest BCUT2D eigenvalue weighted by Gasteiger charge is -2.13. The molecule has 19 heavy (non-hydrogen) atoms. The van der Waals surface area contributed by atoms with Crippen molar-refractivity contribution in [3.63, 3.8) is 0 Å². The lowest BCUT2D eigenvalue weighted by atomic mass is 10.1. The standard InChI is InChI=1S/C13H16N4O2/c1-9-6-15-17(8-9)12-5-4-11(7-14-12)10(2)16-13(18)19-3/h4-8,10H,1-3H3,(H,16,18). The highest BCUT2D eigenvalue weighted by molar-refractivity contribution is 5.67. The molecular weight excluding hydrogens is 244 g/mol. The Morgan fingerprint density at radius 1 is 1.42 bits per heavy atom. The number of carbonyl (C=O) groups is 1. The van der Waals surface area contributed by atoms with Gasteiger partial charge in [-0.1, -0.05) is 6.07 Å². The van der Waals surface area contributed by atoms with Gasteiger partial charge in [0.15, 0.2) is 5.82 Å². The summed E-state index contributed by atoms with van der Waals surface area (Å²) in [6, 6.07) is 3.60. The Bertz CT molecular complexity index is 562. The second-order valence-electron chi connectivity index (χ2n) is 4.27. The summed E-state index contributed by atoms with van der Waals surface area (Å²) < 4.78 is 6.26. The van der Waals surface area contributed by atoms with E-state index in [-0.39, 0.29) is 6.04 Å². The van der Waals surface area contributed by atoms with Crippen LogP contribution in [0.4, 0.5) is 4.79 Å². The number of aromatic nitrogens is 3. The average Bonchev–Trinajstić information content (AvgIpc) is 2.85. The minimum atomic E-state index is -0.459. The van der Waals surface area contributed by atoms with Crippen LogP contribution in [-0.2, 0) is 4.74 Å². The number of pyridine rings is 1. The summed E-state index contributed by atoms with van der Waals surface area (Å²) in [6.45, 7) is 3.84. The maximum absolute atomic E-state index is 11.1. The van der Waals surface area contributed by atoms with Crippen LogP contribution in [0.15, 0.2) is 30.7 Å². The van der Waals surface area contributed by atoms with Gasteiger partial charge >= 0.3 is 6.09 Å². The van der Waals surface area contributed by atoms with Gasteiger partial charge in [0.1, 0.15) is 0 Å². The summed E-state index contributed by atoms with van der Waals surface area (Å²) in [5, 5.41) is 6.87. The highest BCUT2D eigenvalue weighted by atomic mass is 16.5. The monoisotopic (exact) mass is 260 g/mol. The maximum atomic E-state index is 11.1. The zero-order valence-electron chi connectivity index (χ0n) is 11.1. The fraction of sp³-hybridized carbons (Fsp3) is 0.308. The molecule has 0 saturated heterocycles. The lowest BCUT2D eigenvalue weighted by molar-refractivity contribution is 0.167. The predicted octanol–water partition coefficient (Wildman–Crippen LogP) is 1.99. The smallest absolute Gasteiger partial charge is 0.407 e. The Balaban J connectivity index is 2.12. The Hall–Kier alpha value is -2.37. The molecule has 0 spiro atoms. The molecule has 2 aromatic heterocycles. The van der Waals surface area contributed by atoms with E-state index in [0.29, 0.717) is 0 Å². The summed E-state index contributed by atoms with van der Waals surface area (Å²) in [6.07, 6.45) is 4.93. The predicted molar refractivity (Wildman–Crippen MR) is 70.1 cm³/mol. The molecule has 0 aliphatic rings. The largest absolute Gasteiger partial charge is 0.453 e. The molecule has 0 bridgehead atoms. The van der Waals surface area contributed by atoms with Gasteiger partial charge in [-0.05, 0) is 31.0 Å². The van der Waals surface area contributed by atoms with Gasteiger partial charge in [0.2, 0.25) is 0 Å². The van der Waals surface area contributed by atoms with E-state index in [4.69, 9.17) is 0 Å². The second kappa shape index (κ2) is 5.51. The zero-order valence-corrected chi connectivity index (χ0v) is 11.1. The molecular formula is C13H16N4O2. The number of rotatable bonds is 3. The first-order valence-corrected chi connectivity index (χ1v) is 5.92. The van der Waals surface area contributed by atoms with Crippen molar-refractivity contribution in [3.8, 4) is 5.82 Å². The number of nitrogens with one attached hydrogen (secondary N) is 1. The third kappa shape index (κ3) is 3.09. The first-order valence-electron chi connectivity index (χ1n) is 5.92. The Kier molecular flexibility index (Phi) is 3.79. The molecule has 1 unspecified atom stereocenters. The zero-order chi connectivity index (χ0) is 13.8. The summed E-state index contributed by atoms with van der Waals surface area (Å²) >= 11 is 0. The molecule has 2 aromatic rings. The lowest BCUT2D eigenvalue weighted by Crippen LogP contribution is -2.26. The number of hydrogen-bond acceptors (Lipinski definition) is 4. The molecule has 0 fully saturated rings. The van der Waals surface area contributed by atoms with Crippen molar-refractivity contribution >= 4 is 6.09 Å². The molecule has 1 N–H and O–H groups in total. The molecule has 0 aromatic carbocycles. The van der Waals surface area contributed by atoms with Crippen molar-refractivity contribution in [1.82, 2.24) is 20.1 Å². The molecule has 2 rings (SSSR count). The minimum Gasteiger partial charge on any atom is -0.453 e. The Morgan fingerprint density at radius 3 is 2.74 bits per heavy atom. The topological polar surface area (TPSA) is 69.0 Å². The van der Waals surface area contributed by atoms with Gasteiger partial charge in [0.05, 0.1) is 19.3 Å². The minimum absolute atomic E-state index is 0.159. The van der Waals surface area contributed by atoms with Crippen molar-refractivity contribution in [3.05, 3.63) is 41.9 Å². The molecule has 0 saturated carbocycles. The molecule has 6 heteroatoms. The number of hydrogen-bond donors (Lipinski definition) is 1.